The van der Waals surface area contributed by atoms with Crippen molar-refractivity contribution in [2.75, 3.05) is 16.8 Å². The number of amides is 1. The Morgan fingerprint density at radius 2 is 1.78 bits per heavy atom. The zero-order valence-corrected chi connectivity index (χ0v) is 9.42. The molecule has 2 aromatic rings. The van der Waals surface area contributed by atoms with Gasteiger partial charge in [0.15, 0.2) is 0 Å². The van der Waals surface area contributed by atoms with E-state index in [4.69, 9.17) is 17.2 Å². The number of carbonyl (C=O) groups is 1. The van der Waals surface area contributed by atoms with E-state index in [-0.39, 0.29) is 11.8 Å². The number of rotatable bonds is 3. The summed E-state index contributed by atoms with van der Waals surface area (Å²) < 4.78 is 0. The zero-order chi connectivity index (χ0) is 13.1. The SMILES string of the molecule is NC(=O)c1ccc(Nc2cc(N)nc(N)n2)cc1. The Hall–Kier alpha value is -2.83. The molecule has 0 aliphatic heterocycles. The summed E-state index contributed by atoms with van der Waals surface area (Å²) >= 11 is 0. The van der Waals surface area contributed by atoms with E-state index in [1.54, 1.807) is 30.3 Å². The lowest BCUT2D eigenvalue weighted by Crippen LogP contribution is -2.10. The third-order valence-corrected chi connectivity index (χ3v) is 2.21. The normalized spacial score (nSPS) is 10.0. The fourth-order valence-corrected chi connectivity index (χ4v) is 1.42. The van der Waals surface area contributed by atoms with Crippen LogP contribution in [-0.4, -0.2) is 15.9 Å². The molecule has 0 bridgehead atoms. The van der Waals surface area contributed by atoms with Crippen LogP contribution in [0, 0.1) is 0 Å². The highest BCUT2D eigenvalue weighted by Crippen LogP contribution is 2.17. The second-order valence-corrected chi connectivity index (χ2v) is 3.60. The summed E-state index contributed by atoms with van der Waals surface area (Å²) in [6.07, 6.45) is 0. The van der Waals surface area contributed by atoms with Crippen LogP contribution in [0.1, 0.15) is 10.4 Å². The summed E-state index contributed by atoms with van der Waals surface area (Å²) in [6, 6.07) is 8.18. The zero-order valence-electron chi connectivity index (χ0n) is 9.42. The van der Waals surface area contributed by atoms with Gasteiger partial charge in [-0.3, -0.25) is 4.79 Å². The molecule has 7 N–H and O–H groups in total. The Morgan fingerprint density at radius 3 is 2.33 bits per heavy atom. The summed E-state index contributed by atoms with van der Waals surface area (Å²) in [5, 5.41) is 2.99. The van der Waals surface area contributed by atoms with Crippen LogP contribution in [-0.2, 0) is 0 Å². The number of nitrogens with two attached hydrogens (primary N) is 3. The van der Waals surface area contributed by atoms with E-state index in [1.807, 2.05) is 0 Å². The summed E-state index contributed by atoms with van der Waals surface area (Å²) in [5.41, 5.74) is 17.3. The molecule has 1 aromatic carbocycles. The molecule has 2 rings (SSSR count). The van der Waals surface area contributed by atoms with Gasteiger partial charge >= 0.3 is 0 Å². The highest BCUT2D eigenvalue weighted by atomic mass is 16.1. The molecule has 0 aliphatic carbocycles. The predicted molar refractivity (Wildman–Crippen MR) is 69.1 cm³/mol. The fraction of sp³-hybridized carbons (Fsp3) is 0. The molecule has 0 unspecified atom stereocenters. The minimum atomic E-state index is -0.475. The minimum Gasteiger partial charge on any atom is -0.383 e. The first-order valence-corrected chi connectivity index (χ1v) is 5.11. The van der Waals surface area contributed by atoms with Gasteiger partial charge in [0, 0.05) is 17.3 Å². The van der Waals surface area contributed by atoms with Crippen molar-refractivity contribution in [3.05, 3.63) is 35.9 Å². The molecule has 18 heavy (non-hydrogen) atoms. The third kappa shape index (κ3) is 2.64. The molecule has 0 aliphatic rings. The standard InChI is InChI=1S/C11H12N6O/c12-8-5-9(17-11(14)16-8)15-7-3-1-6(2-4-7)10(13)18/h1-5H,(H2,13,18)(H5,12,14,15,16,17). The number of hydrogen-bond acceptors (Lipinski definition) is 6. The predicted octanol–water partition coefficient (Wildman–Crippen LogP) is 0.483. The van der Waals surface area contributed by atoms with E-state index in [1.165, 1.54) is 0 Å². The quantitative estimate of drug-likeness (QED) is 0.620. The van der Waals surface area contributed by atoms with Crippen LogP contribution in [0.4, 0.5) is 23.3 Å². The average molecular weight is 244 g/mol. The Bertz CT molecular complexity index is 560. The molecular weight excluding hydrogens is 232 g/mol. The van der Waals surface area contributed by atoms with Crippen LogP contribution in [0.25, 0.3) is 0 Å². The average Bonchev–Trinajstić information content (AvgIpc) is 2.28. The number of carbonyl (C=O) groups excluding carboxylic acids is 1. The molecule has 0 saturated heterocycles. The maximum atomic E-state index is 10.9. The summed E-state index contributed by atoms with van der Waals surface area (Å²) in [5.74, 6) is 0.369. The maximum Gasteiger partial charge on any atom is 0.248 e. The molecular formula is C11H12N6O. The largest absolute Gasteiger partial charge is 0.383 e. The number of nitrogens with one attached hydrogen (secondary N) is 1. The Labute approximate surface area is 103 Å². The Kier molecular flexibility index (Phi) is 2.96. The van der Waals surface area contributed by atoms with Gasteiger partial charge in [-0.25, -0.2) is 0 Å². The highest BCUT2D eigenvalue weighted by molar-refractivity contribution is 5.93. The lowest BCUT2D eigenvalue weighted by Gasteiger charge is -2.07. The summed E-state index contributed by atoms with van der Waals surface area (Å²) in [7, 11) is 0. The van der Waals surface area contributed by atoms with Crippen LogP contribution in [0.3, 0.4) is 0 Å². The van der Waals surface area contributed by atoms with E-state index >= 15 is 0 Å². The second kappa shape index (κ2) is 4.58. The molecule has 0 saturated carbocycles. The number of hydrogen-bond donors (Lipinski definition) is 4. The first-order valence-electron chi connectivity index (χ1n) is 5.11. The van der Waals surface area contributed by atoms with E-state index in [9.17, 15) is 4.79 Å². The van der Waals surface area contributed by atoms with Crippen LogP contribution in [0.15, 0.2) is 30.3 Å². The molecule has 0 fully saturated rings. The van der Waals surface area contributed by atoms with Gasteiger partial charge in [0.25, 0.3) is 0 Å². The van der Waals surface area contributed by atoms with Gasteiger partial charge in [-0.15, -0.1) is 0 Å². The van der Waals surface area contributed by atoms with Crippen molar-refractivity contribution in [3.8, 4) is 0 Å². The summed E-state index contributed by atoms with van der Waals surface area (Å²) in [6.45, 7) is 0. The van der Waals surface area contributed by atoms with Crippen LogP contribution < -0.4 is 22.5 Å². The van der Waals surface area contributed by atoms with Gasteiger partial charge in [-0.05, 0) is 24.3 Å². The Morgan fingerprint density at radius 1 is 1.11 bits per heavy atom. The smallest absolute Gasteiger partial charge is 0.248 e. The number of aromatic nitrogens is 2. The van der Waals surface area contributed by atoms with Crippen LogP contribution >= 0.6 is 0 Å². The van der Waals surface area contributed by atoms with Crippen molar-refractivity contribution in [2.45, 2.75) is 0 Å². The van der Waals surface area contributed by atoms with Crippen molar-refractivity contribution in [1.82, 2.24) is 9.97 Å². The van der Waals surface area contributed by atoms with Crippen molar-refractivity contribution in [1.29, 1.82) is 0 Å². The van der Waals surface area contributed by atoms with Crippen molar-refractivity contribution < 1.29 is 4.79 Å². The van der Waals surface area contributed by atoms with E-state index in [2.05, 4.69) is 15.3 Å². The number of primary amides is 1. The van der Waals surface area contributed by atoms with Crippen LogP contribution in [0.2, 0.25) is 0 Å². The first kappa shape index (κ1) is 11.6. The van der Waals surface area contributed by atoms with Gasteiger partial charge in [0.2, 0.25) is 11.9 Å². The molecule has 92 valence electrons. The molecule has 7 nitrogen and oxygen atoms in total. The molecule has 1 heterocycles. The number of anilines is 4. The molecule has 1 amide bonds. The number of nitrogens with zero attached hydrogens (tertiary/aromatic N) is 2. The van der Waals surface area contributed by atoms with Gasteiger partial charge in [-0.2, -0.15) is 9.97 Å². The van der Waals surface area contributed by atoms with Gasteiger partial charge in [0.1, 0.15) is 11.6 Å². The Balaban J connectivity index is 2.20. The van der Waals surface area contributed by atoms with E-state index < -0.39 is 5.91 Å². The van der Waals surface area contributed by atoms with Crippen LogP contribution in [0.5, 0.6) is 0 Å². The second-order valence-electron chi connectivity index (χ2n) is 3.60. The van der Waals surface area contributed by atoms with Gasteiger partial charge < -0.3 is 22.5 Å². The summed E-state index contributed by atoms with van der Waals surface area (Å²) in [4.78, 5) is 18.6. The first-order chi connectivity index (χ1) is 8.54. The molecule has 7 heteroatoms. The maximum absolute atomic E-state index is 10.9. The van der Waals surface area contributed by atoms with Gasteiger partial charge in [0.05, 0.1) is 0 Å². The number of benzene rings is 1. The molecule has 0 radical (unpaired) electrons. The fourth-order valence-electron chi connectivity index (χ4n) is 1.42. The van der Waals surface area contributed by atoms with E-state index in [0.717, 1.165) is 5.69 Å². The molecule has 1 aromatic heterocycles. The lowest BCUT2D eigenvalue weighted by molar-refractivity contribution is 0.100. The topological polar surface area (TPSA) is 133 Å². The van der Waals surface area contributed by atoms with Crippen molar-refractivity contribution >= 4 is 29.2 Å². The highest BCUT2D eigenvalue weighted by Gasteiger charge is 2.02. The number of nitrogen functional groups attached to an aromatic ring is 2. The molecule has 0 spiro atoms. The lowest BCUT2D eigenvalue weighted by atomic mass is 10.2. The van der Waals surface area contributed by atoms with Crippen molar-refractivity contribution in [3.63, 3.8) is 0 Å². The van der Waals surface area contributed by atoms with Gasteiger partial charge in [-0.1, -0.05) is 0 Å². The van der Waals surface area contributed by atoms with Crippen molar-refractivity contribution in [2.24, 2.45) is 5.73 Å². The molecule has 0 atom stereocenters. The monoisotopic (exact) mass is 244 g/mol. The van der Waals surface area contributed by atoms with E-state index in [0.29, 0.717) is 11.4 Å². The third-order valence-electron chi connectivity index (χ3n) is 2.21. The minimum absolute atomic E-state index is 0.0891.